The molecule has 1 unspecified atom stereocenters. The summed E-state index contributed by atoms with van der Waals surface area (Å²) in [4.78, 5) is 4.93. The van der Waals surface area contributed by atoms with Crippen LogP contribution < -0.4 is 5.32 Å². The van der Waals surface area contributed by atoms with Crippen LogP contribution in [0.25, 0.3) is 0 Å². The summed E-state index contributed by atoms with van der Waals surface area (Å²) in [5.41, 5.74) is 1.22. The van der Waals surface area contributed by atoms with E-state index in [1.165, 1.54) is 13.0 Å². The van der Waals surface area contributed by atoms with E-state index in [4.69, 9.17) is 0 Å². The molecule has 130 valence electrons. The van der Waals surface area contributed by atoms with Gasteiger partial charge in [0, 0.05) is 55.8 Å². The van der Waals surface area contributed by atoms with E-state index < -0.39 is 0 Å². The molecule has 23 heavy (non-hydrogen) atoms. The number of benzene rings is 1. The summed E-state index contributed by atoms with van der Waals surface area (Å²) in [5, 5.41) is 3.47. The van der Waals surface area contributed by atoms with Gasteiger partial charge in [0.1, 0.15) is 5.82 Å². The van der Waals surface area contributed by atoms with Gasteiger partial charge in [0.25, 0.3) is 0 Å². The number of rotatable bonds is 4. The molecule has 2 fully saturated rings. The molecule has 0 spiro atoms. The maximum Gasteiger partial charge on any atom is 0.127 e. The standard InChI is InChI=1S/C17H25BrFN3.ClH/c1-17(4-5-20-12-17)13-22-8-6-21(7-9-22)11-14-10-15(18)2-3-16(14)19;/h2-3,10,20H,4-9,11-13H2,1H3;1H. The monoisotopic (exact) mass is 405 g/mol. The van der Waals surface area contributed by atoms with Crippen molar-refractivity contribution in [1.82, 2.24) is 15.1 Å². The summed E-state index contributed by atoms with van der Waals surface area (Å²) in [6.07, 6.45) is 1.27. The van der Waals surface area contributed by atoms with Gasteiger partial charge in [-0.1, -0.05) is 22.9 Å². The first kappa shape index (κ1) is 19.1. The lowest BCUT2D eigenvalue weighted by atomic mass is 9.89. The largest absolute Gasteiger partial charge is 0.316 e. The Bertz CT molecular complexity index is 515. The fraction of sp³-hybridized carbons (Fsp3) is 0.647. The van der Waals surface area contributed by atoms with Crippen molar-refractivity contribution < 1.29 is 4.39 Å². The van der Waals surface area contributed by atoms with Gasteiger partial charge in [-0.2, -0.15) is 0 Å². The molecule has 2 heterocycles. The fourth-order valence-electron chi connectivity index (χ4n) is 3.55. The molecule has 0 bridgehead atoms. The average molecular weight is 407 g/mol. The van der Waals surface area contributed by atoms with Crippen LogP contribution in [0.3, 0.4) is 0 Å². The topological polar surface area (TPSA) is 18.5 Å². The Morgan fingerprint density at radius 2 is 1.91 bits per heavy atom. The van der Waals surface area contributed by atoms with E-state index in [2.05, 4.69) is 38.0 Å². The van der Waals surface area contributed by atoms with E-state index in [1.54, 1.807) is 12.1 Å². The molecule has 3 rings (SSSR count). The van der Waals surface area contributed by atoms with Crippen molar-refractivity contribution in [2.24, 2.45) is 5.41 Å². The molecule has 3 nitrogen and oxygen atoms in total. The molecule has 2 aliphatic rings. The molecule has 0 radical (unpaired) electrons. The van der Waals surface area contributed by atoms with Crippen LogP contribution in [0.5, 0.6) is 0 Å². The van der Waals surface area contributed by atoms with Crippen molar-refractivity contribution in [2.75, 3.05) is 45.8 Å². The third-order valence-electron chi connectivity index (χ3n) is 4.93. The van der Waals surface area contributed by atoms with E-state index in [-0.39, 0.29) is 18.2 Å². The number of piperazine rings is 1. The third kappa shape index (κ3) is 5.13. The van der Waals surface area contributed by atoms with E-state index in [1.807, 2.05) is 6.07 Å². The van der Waals surface area contributed by atoms with Crippen LogP contribution in [0.4, 0.5) is 4.39 Å². The second-order valence-electron chi connectivity index (χ2n) is 7.03. The molecule has 2 aliphatic heterocycles. The van der Waals surface area contributed by atoms with Crippen LogP contribution >= 0.6 is 28.3 Å². The molecular weight excluding hydrogens is 381 g/mol. The van der Waals surface area contributed by atoms with Crippen molar-refractivity contribution in [1.29, 1.82) is 0 Å². The molecule has 0 aliphatic carbocycles. The molecule has 1 N–H and O–H groups in total. The van der Waals surface area contributed by atoms with Gasteiger partial charge in [-0.05, 0) is 36.6 Å². The van der Waals surface area contributed by atoms with Gasteiger partial charge < -0.3 is 10.2 Å². The highest BCUT2D eigenvalue weighted by atomic mass is 79.9. The minimum Gasteiger partial charge on any atom is -0.316 e. The summed E-state index contributed by atoms with van der Waals surface area (Å²) in [6, 6.07) is 5.20. The first-order chi connectivity index (χ1) is 10.5. The van der Waals surface area contributed by atoms with Gasteiger partial charge in [-0.3, -0.25) is 4.90 Å². The fourth-order valence-corrected chi connectivity index (χ4v) is 3.96. The Balaban J connectivity index is 0.00000192. The lowest BCUT2D eigenvalue weighted by Crippen LogP contribution is -2.49. The van der Waals surface area contributed by atoms with Crippen molar-refractivity contribution >= 4 is 28.3 Å². The second-order valence-corrected chi connectivity index (χ2v) is 7.94. The molecule has 0 amide bonds. The lowest BCUT2D eigenvalue weighted by molar-refractivity contribution is 0.0927. The van der Waals surface area contributed by atoms with Crippen LogP contribution in [-0.2, 0) is 6.54 Å². The predicted octanol–water partition coefficient (Wildman–Crippen LogP) is 3.13. The predicted molar refractivity (Wildman–Crippen MR) is 98.7 cm³/mol. The highest BCUT2D eigenvalue weighted by Gasteiger charge is 2.31. The molecule has 2 saturated heterocycles. The third-order valence-corrected chi connectivity index (χ3v) is 5.42. The molecule has 1 atom stereocenters. The van der Waals surface area contributed by atoms with Gasteiger partial charge in [0.05, 0.1) is 0 Å². The Labute approximate surface area is 153 Å². The van der Waals surface area contributed by atoms with Crippen molar-refractivity contribution in [3.05, 3.63) is 34.1 Å². The van der Waals surface area contributed by atoms with Gasteiger partial charge in [-0.25, -0.2) is 4.39 Å². The van der Waals surface area contributed by atoms with Crippen LogP contribution in [0.15, 0.2) is 22.7 Å². The lowest BCUT2D eigenvalue weighted by Gasteiger charge is -2.38. The maximum absolute atomic E-state index is 13.9. The quantitative estimate of drug-likeness (QED) is 0.829. The second kappa shape index (κ2) is 8.26. The van der Waals surface area contributed by atoms with Gasteiger partial charge in [0.2, 0.25) is 0 Å². The smallest absolute Gasteiger partial charge is 0.127 e. The number of hydrogen-bond acceptors (Lipinski definition) is 3. The van der Waals surface area contributed by atoms with Gasteiger partial charge >= 0.3 is 0 Å². The van der Waals surface area contributed by atoms with E-state index in [0.29, 0.717) is 12.0 Å². The maximum atomic E-state index is 13.9. The molecule has 0 saturated carbocycles. The summed E-state index contributed by atoms with van der Waals surface area (Å²) in [5.74, 6) is -0.102. The zero-order chi connectivity index (χ0) is 15.6. The molecule has 6 heteroatoms. The summed E-state index contributed by atoms with van der Waals surface area (Å²) in [7, 11) is 0. The molecule has 0 aromatic heterocycles. The van der Waals surface area contributed by atoms with E-state index in [9.17, 15) is 4.39 Å². The Morgan fingerprint density at radius 1 is 1.22 bits per heavy atom. The zero-order valence-electron chi connectivity index (χ0n) is 13.7. The highest BCUT2D eigenvalue weighted by molar-refractivity contribution is 9.10. The van der Waals surface area contributed by atoms with Crippen molar-refractivity contribution in [3.63, 3.8) is 0 Å². The van der Waals surface area contributed by atoms with E-state index >= 15 is 0 Å². The van der Waals surface area contributed by atoms with Crippen molar-refractivity contribution in [2.45, 2.75) is 19.9 Å². The molecule has 1 aromatic carbocycles. The minimum atomic E-state index is -0.102. The summed E-state index contributed by atoms with van der Waals surface area (Å²) in [6.45, 7) is 10.8. The van der Waals surface area contributed by atoms with Crippen molar-refractivity contribution in [3.8, 4) is 0 Å². The van der Waals surface area contributed by atoms with Crippen LogP contribution in [0.2, 0.25) is 0 Å². The zero-order valence-corrected chi connectivity index (χ0v) is 16.1. The molecular formula is C17H26BrClFN3. The van der Waals surface area contributed by atoms with Crippen LogP contribution in [0, 0.1) is 11.2 Å². The van der Waals surface area contributed by atoms with Crippen LogP contribution in [0.1, 0.15) is 18.9 Å². The van der Waals surface area contributed by atoms with E-state index in [0.717, 1.165) is 49.3 Å². The number of nitrogens with zero attached hydrogens (tertiary/aromatic N) is 2. The normalized spacial score (nSPS) is 26.2. The average Bonchev–Trinajstić information content (AvgIpc) is 2.91. The first-order valence-corrected chi connectivity index (χ1v) is 8.93. The highest BCUT2D eigenvalue weighted by Crippen LogP contribution is 2.26. The number of hydrogen-bond donors (Lipinski definition) is 1. The van der Waals surface area contributed by atoms with Gasteiger partial charge in [0.15, 0.2) is 0 Å². The summed E-state index contributed by atoms with van der Waals surface area (Å²) >= 11 is 3.43. The first-order valence-electron chi connectivity index (χ1n) is 8.13. The van der Waals surface area contributed by atoms with Gasteiger partial charge in [-0.15, -0.1) is 12.4 Å². The Kier molecular flexibility index (Phi) is 6.87. The SMILES string of the molecule is CC1(CN2CCN(Cc3cc(Br)ccc3F)CC2)CCNC1.Cl. The summed E-state index contributed by atoms with van der Waals surface area (Å²) < 4.78 is 14.8. The number of halogens is 3. The van der Waals surface area contributed by atoms with Crippen LogP contribution in [-0.4, -0.2) is 55.6 Å². The molecule has 1 aromatic rings. The number of nitrogens with one attached hydrogen (secondary N) is 1. The minimum absolute atomic E-state index is 0. The Morgan fingerprint density at radius 3 is 2.57 bits per heavy atom. The Hall–Kier alpha value is -0.200.